The van der Waals surface area contributed by atoms with E-state index in [1.807, 2.05) is 60.7 Å². The summed E-state index contributed by atoms with van der Waals surface area (Å²) in [5.74, 6) is -1.02. The van der Waals surface area contributed by atoms with Gasteiger partial charge in [0.1, 0.15) is 0 Å². The van der Waals surface area contributed by atoms with Crippen LogP contribution in [0.25, 0.3) is 0 Å². The Kier molecular flexibility index (Phi) is 8.22. The van der Waals surface area contributed by atoms with E-state index in [1.165, 1.54) is 0 Å². The molecule has 1 atom stereocenters. The molecule has 38 heavy (non-hydrogen) atoms. The molecule has 0 bridgehead atoms. The topological polar surface area (TPSA) is 29.1 Å². The van der Waals surface area contributed by atoms with Crippen LogP contribution in [0.4, 0.5) is 26.3 Å². The minimum absolute atomic E-state index is 0.00945. The van der Waals surface area contributed by atoms with Gasteiger partial charge in [0.25, 0.3) is 5.91 Å². The van der Waals surface area contributed by atoms with Gasteiger partial charge in [0.15, 0.2) is 0 Å². The first-order valence-electron chi connectivity index (χ1n) is 11.6. The summed E-state index contributed by atoms with van der Waals surface area (Å²) in [4.78, 5) is 13.2. The molecule has 0 heterocycles. The molecule has 4 aromatic carbocycles. The van der Waals surface area contributed by atoms with Crippen LogP contribution in [-0.4, -0.2) is 12.1 Å². The Balaban J connectivity index is 1.73. The molecule has 4 aromatic rings. The van der Waals surface area contributed by atoms with E-state index in [-0.39, 0.29) is 6.07 Å². The molecule has 1 N–H and O–H groups in total. The lowest BCUT2D eigenvalue weighted by atomic mass is 10.0. The summed E-state index contributed by atoms with van der Waals surface area (Å²) in [5.41, 5.74) is -3.10. The Morgan fingerprint density at radius 1 is 0.658 bits per heavy atom. The first-order chi connectivity index (χ1) is 18.0. The van der Waals surface area contributed by atoms with Crippen molar-refractivity contribution < 1.29 is 31.1 Å². The number of benzene rings is 4. The number of rotatable bonds is 7. The molecule has 0 saturated heterocycles. The van der Waals surface area contributed by atoms with Crippen molar-refractivity contribution >= 4 is 24.4 Å². The van der Waals surface area contributed by atoms with Gasteiger partial charge >= 0.3 is 12.4 Å². The molecule has 0 spiro atoms. The average Bonchev–Trinajstić information content (AvgIpc) is 2.91. The largest absolute Gasteiger partial charge is 0.416 e. The van der Waals surface area contributed by atoms with E-state index in [4.69, 9.17) is 0 Å². The van der Waals surface area contributed by atoms with E-state index in [1.54, 1.807) is 30.3 Å². The van der Waals surface area contributed by atoms with E-state index < -0.39 is 48.9 Å². The van der Waals surface area contributed by atoms with Gasteiger partial charge in [-0.15, -0.1) is 0 Å². The van der Waals surface area contributed by atoms with Gasteiger partial charge in [0, 0.05) is 11.7 Å². The zero-order valence-corrected chi connectivity index (χ0v) is 20.7. The summed E-state index contributed by atoms with van der Waals surface area (Å²) < 4.78 is 80.3. The summed E-state index contributed by atoms with van der Waals surface area (Å²) in [5, 5.41) is 4.75. The summed E-state index contributed by atoms with van der Waals surface area (Å²) in [7, 11) is -1.04. The van der Waals surface area contributed by atoms with Crippen LogP contribution in [0.2, 0.25) is 0 Å². The van der Waals surface area contributed by atoms with E-state index >= 15 is 0 Å². The van der Waals surface area contributed by atoms with Gasteiger partial charge in [0.05, 0.1) is 17.2 Å². The van der Waals surface area contributed by atoms with Gasteiger partial charge in [-0.3, -0.25) is 4.79 Å². The maximum absolute atomic E-state index is 13.4. The van der Waals surface area contributed by atoms with Crippen molar-refractivity contribution in [2.24, 2.45) is 0 Å². The first-order valence-corrected chi connectivity index (χ1v) is 13.1. The smallest absolute Gasteiger partial charge is 0.345 e. The summed E-state index contributed by atoms with van der Waals surface area (Å²) in [6.45, 7) is 0. The highest BCUT2D eigenvalue weighted by molar-refractivity contribution is 7.73. The first kappa shape index (κ1) is 27.4. The third-order valence-electron chi connectivity index (χ3n) is 5.86. The van der Waals surface area contributed by atoms with Crippen LogP contribution in [0.3, 0.4) is 0 Å². The highest BCUT2D eigenvalue weighted by Gasteiger charge is 2.37. The molecular weight excluding hydrogens is 523 g/mol. The minimum atomic E-state index is -5.05. The van der Waals surface area contributed by atoms with Crippen molar-refractivity contribution in [3.05, 3.63) is 131 Å². The number of carbonyl (C=O) groups excluding carboxylic acids is 1. The Hall–Kier alpha value is -3.64. The molecule has 2 nitrogen and oxygen atoms in total. The van der Waals surface area contributed by atoms with Gasteiger partial charge in [-0.05, 0) is 42.3 Å². The number of alkyl halides is 6. The lowest BCUT2D eigenvalue weighted by Crippen LogP contribution is -2.32. The SMILES string of the molecule is O=C(NC(CP(c1ccccc1)c1ccccc1)c1ccccc1)c1cc(C(F)(F)F)cc(C(F)(F)F)c1. The molecule has 4 rings (SSSR count). The molecule has 0 aromatic heterocycles. The quantitative estimate of drug-likeness (QED) is 0.191. The molecule has 0 aliphatic carbocycles. The van der Waals surface area contributed by atoms with Gasteiger partial charge in [-0.1, -0.05) is 91.0 Å². The molecule has 196 valence electrons. The number of amides is 1. The van der Waals surface area contributed by atoms with E-state index in [2.05, 4.69) is 5.32 Å². The molecule has 1 unspecified atom stereocenters. The summed E-state index contributed by atoms with van der Waals surface area (Å²) in [6.07, 6.45) is -9.72. The third-order valence-corrected chi connectivity index (χ3v) is 8.43. The predicted octanol–water partition coefficient (Wildman–Crippen LogP) is 7.33. The van der Waals surface area contributed by atoms with Crippen LogP contribution in [0.15, 0.2) is 109 Å². The third kappa shape index (κ3) is 6.81. The van der Waals surface area contributed by atoms with Crippen molar-refractivity contribution in [2.45, 2.75) is 18.4 Å². The van der Waals surface area contributed by atoms with E-state index in [0.29, 0.717) is 23.9 Å². The minimum Gasteiger partial charge on any atom is -0.345 e. The normalized spacial score (nSPS) is 12.8. The second-order valence-electron chi connectivity index (χ2n) is 8.51. The zero-order valence-electron chi connectivity index (χ0n) is 19.8. The molecule has 1 amide bonds. The lowest BCUT2D eigenvalue weighted by Gasteiger charge is -2.26. The highest BCUT2D eigenvalue weighted by atomic mass is 31.1. The van der Waals surface area contributed by atoms with Gasteiger partial charge in [0.2, 0.25) is 0 Å². The van der Waals surface area contributed by atoms with Crippen molar-refractivity contribution in [1.82, 2.24) is 5.32 Å². The molecule has 0 fully saturated rings. The molecule has 0 radical (unpaired) electrons. The maximum atomic E-state index is 13.4. The van der Waals surface area contributed by atoms with Crippen LogP contribution in [0.5, 0.6) is 0 Å². The highest BCUT2D eigenvalue weighted by Crippen LogP contribution is 2.39. The van der Waals surface area contributed by atoms with Gasteiger partial charge in [-0.25, -0.2) is 0 Å². The van der Waals surface area contributed by atoms with Crippen molar-refractivity contribution in [1.29, 1.82) is 0 Å². The fourth-order valence-corrected chi connectivity index (χ4v) is 6.46. The Bertz CT molecular complexity index is 1290. The number of halogens is 6. The van der Waals surface area contributed by atoms with Gasteiger partial charge < -0.3 is 5.32 Å². The molecule has 9 heteroatoms. The Morgan fingerprint density at radius 2 is 1.08 bits per heavy atom. The summed E-state index contributed by atoms with van der Waals surface area (Å²) >= 11 is 0. The number of nitrogens with one attached hydrogen (secondary N) is 1. The van der Waals surface area contributed by atoms with Crippen molar-refractivity contribution in [2.75, 3.05) is 6.16 Å². The van der Waals surface area contributed by atoms with Crippen LogP contribution < -0.4 is 15.9 Å². The Labute approximate surface area is 217 Å². The van der Waals surface area contributed by atoms with Crippen LogP contribution >= 0.6 is 7.92 Å². The molecule has 0 saturated carbocycles. The maximum Gasteiger partial charge on any atom is 0.416 e. The fourth-order valence-electron chi connectivity index (χ4n) is 4.01. The van der Waals surface area contributed by atoms with Crippen LogP contribution in [-0.2, 0) is 12.4 Å². The van der Waals surface area contributed by atoms with Gasteiger partial charge in [-0.2, -0.15) is 26.3 Å². The van der Waals surface area contributed by atoms with Crippen LogP contribution in [0.1, 0.15) is 33.1 Å². The second-order valence-corrected chi connectivity index (χ2v) is 10.8. The van der Waals surface area contributed by atoms with E-state index in [0.717, 1.165) is 10.6 Å². The van der Waals surface area contributed by atoms with Crippen molar-refractivity contribution in [3.8, 4) is 0 Å². The predicted molar refractivity (Wildman–Crippen MR) is 137 cm³/mol. The summed E-state index contributed by atoms with van der Waals surface area (Å²) in [6, 6.07) is 28.2. The monoisotopic (exact) mass is 545 g/mol. The van der Waals surface area contributed by atoms with E-state index in [9.17, 15) is 31.1 Å². The number of carbonyl (C=O) groups is 1. The molecule has 0 aliphatic heterocycles. The lowest BCUT2D eigenvalue weighted by molar-refractivity contribution is -0.143. The number of hydrogen-bond donors (Lipinski definition) is 1. The Morgan fingerprint density at radius 3 is 1.50 bits per heavy atom. The number of hydrogen-bond acceptors (Lipinski definition) is 1. The zero-order chi connectivity index (χ0) is 27.3. The molecular formula is C29H22F6NOP. The van der Waals surface area contributed by atoms with Crippen molar-refractivity contribution in [3.63, 3.8) is 0 Å². The molecule has 0 aliphatic rings. The average molecular weight is 545 g/mol. The second kappa shape index (κ2) is 11.4. The fraction of sp³-hybridized carbons (Fsp3) is 0.138. The van der Waals surface area contributed by atoms with Crippen LogP contribution in [0, 0.1) is 0 Å². The standard InChI is InChI=1S/C29H22F6NOP/c30-28(31,32)22-16-21(17-23(18-22)29(33,34)35)27(37)36-26(20-10-4-1-5-11-20)19-38(24-12-6-2-7-13-24)25-14-8-3-9-15-25/h1-18,26H,19H2,(H,36,37).